The second-order valence-electron chi connectivity index (χ2n) is 5.15. The van der Waals surface area contributed by atoms with Crippen molar-refractivity contribution in [2.45, 2.75) is 12.5 Å². The van der Waals surface area contributed by atoms with Gasteiger partial charge in [0, 0.05) is 24.2 Å². The number of hydrogen-bond donors (Lipinski definition) is 2. The quantitative estimate of drug-likeness (QED) is 0.753. The smallest absolute Gasteiger partial charge is 0.134 e. The van der Waals surface area contributed by atoms with Crippen LogP contribution < -0.4 is 11.1 Å². The van der Waals surface area contributed by atoms with Gasteiger partial charge in [-0.3, -0.25) is 0 Å². The molecule has 3 rings (SSSR count). The number of pyridine rings is 1. The molecule has 1 unspecified atom stereocenters. The molecule has 0 radical (unpaired) electrons. The van der Waals surface area contributed by atoms with E-state index in [0.29, 0.717) is 6.54 Å². The Morgan fingerprint density at radius 3 is 2.52 bits per heavy atom. The van der Waals surface area contributed by atoms with Crippen LogP contribution in [0.4, 0.5) is 5.82 Å². The molecule has 3 heteroatoms. The van der Waals surface area contributed by atoms with Gasteiger partial charge in [0.2, 0.25) is 0 Å². The average Bonchev–Trinajstić information content (AvgIpc) is 2.55. The fraction of sp³-hybridized carbons (Fsp3) is 0.167. The Morgan fingerprint density at radius 2 is 1.71 bits per heavy atom. The number of nitrogens with zero attached hydrogens (tertiary/aromatic N) is 1. The van der Waals surface area contributed by atoms with Crippen molar-refractivity contribution in [1.29, 1.82) is 0 Å². The average molecular weight is 277 g/mol. The number of fused-ring (bicyclic) bond motifs is 1. The summed E-state index contributed by atoms with van der Waals surface area (Å²) in [7, 11) is 0. The molecular formula is C18H19N3. The van der Waals surface area contributed by atoms with Crippen molar-refractivity contribution in [3.8, 4) is 0 Å². The van der Waals surface area contributed by atoms with Gasteiger partial charge < -0.3 is 11.1 Å². The highest BCUT2D eigenvalue weighted by molar-refractivity contribution is 5.91. The maximum absolute atomic E-state index is 5.92. The molecule has 0 aliphatic heterocycles. The molecule has 3 N–H and O–H groups in total. The Morgan fingerprint density at radius 1 is 0.952 bits per heavy atom. The van der Waals surface area contributed by atoms with Crippen LogP contribution in [0.1, 0.15) is 5.56 Å². The minimum absolute atomic E-state index is 0.172. The van der Waals surface area contributed by atoms with Crippen molar-refractivity contribution in [2.24, 2.45) is 5.73 Å². The molecule has 3 nitrogen and oxygen atoms in total. The van der Waals surface area contributed by atoms with E-state index in [9.17, 15) is 0 Å². The first-order valence-corrected chi connectivity index (χ1v) is 7.21. The molecule has 0 amide bonds. The Balaban J connectivity index is 1.82. The Bertz CT molecular complexity index is 704. The monoisotopic (exact) mass is 277 g/mol. The molecule has 3 aromatic rings. The molecule has 1 heterocycles. The largest absolute Gasteiger partial charge is 0.365 e. The zero-order valence-corrected chi connectivity index (χ0v) is 11.9. The predicted molar refractivity (Wildman–Crippen MR) is 88.4 cm³/mol. The highest BCUT2D eigenvalue weighted by atomic mass is 15.0. The van der Waals surface area contributed by atoms with E-state index < -0.39 is 0 Å². The minimum Gasteiger partial charge on any atom is -0.365 e. The van der Waals surface area contributed by atoms with Gasteiger partial charge in [-0.2, -0.15) is 0 Å². The maximum Gasteiger partial charge on any atom is 0.134 e. The van der Waals surface area contributed by atoms with Crippen LogP contribution in [-0.4, -0.2) is 17.6 Å². The van der Waals surface area contributed by atoms with E-state index in [0.717, 1.165) is 17.6 Å². The minimum atomic E-state index is 0.172. The zero-order valence-electron chi connectivity index (χ0n) is 11.9. The van der Waals surface area contributed by atoms with Crippen LogP contribution in [-0.2, 0) is 6.42 Å². The van der Waals surface area contributed by atoms with E-state index in [-0.39, 0.29) is 6.04 Å². The lowest BCUT2D eigenvalue weighted by Crippen LogP contribution is -2.31. The summed E-state index contributed by atoms with van der Waals surface area (Å²) in [5, 5.41) is 5.80. The lowest BCUT2D eigenvalue weighted by Gasteiger charge is -2.18. The number of nitrogens with one attached hydrogen (secondary N) is 1. The normalized spacial score (nSPS) is 12.2. The molecule has 1 atom stereocenters. The molecule has 106 valence electrons. The van der Waals surface area contributed by atoms with Crippen LogP contribution in [0.2, 0.25) is 0 Å². The molecule has 0 spiro atoms. The zero-order chi connectivity index (χ0) is 14.5. The molecule has 0 fully saturated rings. The van der Waals surface area contributed by atoms with Crippen LogP contribution in [0.3, 0.4) is 0 Å². The fourth-order valence-corrected chi connectivity index (χ4v) is 2.52. The van der Waals surface area contributed by atoms with E-state index in [1.807, 2.05) is 30.5 Å². The van der Waals surface area contributed by atoms with Crippen molar-refractivity contribution in [3.05, 3.63) is 72.4 Å². The topological polar surface area (TPSA) is 50.9 Å². The standard InChI is InChI=1S/C18H19N3/c19-13-16(12-14-6-2-1-3-7-14)21-18-17-9-5-4-8-15(17)10-11-20-18/h1-11,16H,12-13,19H2,(H,20,21). The van der Waals surface area contributed by atoms with Gasteiger partial charge in [-0.15, -0.1) is 0 Å². The van der Waals surface area contributed by atoms with Crippen molar-refractivity contribution >= 4 is 16.6 Å². The van der Waals surface area contributed by atoms with Gasteiger partial charge in [-0.25, -0.2) is 4.98 Å². The first-order valence-electron chi connectivity index (χ1n) is 7.21. The predicted octanol–water partition coefficient (Wildman–Crippen LogP) is 3.22. The number of nitrogens with two attached hydrogens (primary N) is 1. The lowest BCUT2D eigenvalue weighted by molar-refractivity contribution is 0.721. The van der Waals surface area contributed by atoms with Gasteiger partial charge in [-0.1, -0.05) is 54.6 Å². The summed E-state index contributed by atoms with van der Waals surface area (Å²) in [6, 6.07) is 20.8. The fourth-order valence-electron chi connectivity index (χ4n) is 2.52. The number of anilines is 1. The summed E-state index contributed by atoms with van der Waals surface area (Å²) < 4.78 is 0. The summed E-state index contributed by atoms with van der Waals surface area (Å²) >= 11 is 0. The Kier molecular flexibility index (Phi) is 4.12. The van der Waals surface area contributed by atoms with Gasteiger partial charge in [-0.05, 0) is 23.4 Å². The molecule has 0 saturated carbocycles. The summed E-state index contributed by atoms with van der Waals surface area (Å²) in [4.78, 5) is 4.47. The van der Waals surface area contributed by atoms with Crippen LogP contribution in [0, 0.1) is 0 Å². The molecule has 21 heavy (non-hydrogen) atoms. The van der Waals surface area contributed by atoms with E-state index in [4.69, 9.17) is 5.73 Å². The third-order valence-corrected chi connectivity index (χ3v) is 3.62. The van der Waals surface area contributed by atoms with Crippen LogP contribution in [0.5, 0.6) is 0 Å². The van der Waals surface area contributed by atoms with Gasteiger partial charge in [0.15, 0.2) is 0 Å². The molecule has 2 aromatic carbocycles. The SMILES string of the molecule is NCC(Cc1ccccc1)Nc1nccc2ccccc12. The second-order valence-corrected chi connectivity index (χ2v) is 5.15. The number of benzene rings is 2. The first kappa shape index (κ1) is 13.6. The number of hydrogen-bond acceptors (Lipinski definition) is 3. The summed E-state index contributed by atoms with van der Waals surface area (Å²) in [5.74, 6) is 0.902. The van der Waals surface area contributed by atoms with Crippen molar-refractivity contribution in [2.75, 3.05) is 11.9 Å². The summed E-state index contributed by atoms with van der Waals surface area (Å²) in [6.45, 7) is 0.569. The third kappa shape index (κ3) is 3.20. The lowest BCUT2D eigenvalue weighted by atomic mass is 10.1. The van der Waals surface area contributed by atoms with E-state index >= 15 is 0 Å². The van der Waals surface area contributed by atoms with Crippen LogP contribution in [0.15, 0.2) is 66.9 Å². The molecule has 1 aromatic heterocycles. The maximum atomic E-state index is 5.92. The Labute approximate surface area is 124 Å². The summed E-state index contributed by atoms with van der Waals surface area (Å²) in [5.41, 5.74) is 7.20. The molecule has 0 bridgehead atoms. The third-order valence-electron chi connectivity index (χ3n) is 3.62. The van der Waals surface area contributed by atoms with E-state index in [1.54, 1.807) is 0 Å². The van der Waals surface area contributed by atoms with Crippen molar-refractivity contribution in [1.82, 2.24) is 4.98 Å². The Hall–Kier alpha value is -2.39. The molecule has 0 saturated heterocycles. The van der Waals surface area contributed by atoms with E-state index in [1.165, 1.54) is 10.9 Å². The van der Waals surface area contributed by atoms with Gasteiger partial charge in [0.05, 0.1) is 0 Å². The highest BCUT2D eigenvalue weighted by Gasteiger charge is 2.10. The van der Waals surface area contributed by atoms with E-state index in [2.05, 4.69) is 46.7 Å². The number of rotatable bonds is 5. The highest BCUT2D eigenvalue weighted by Crippen LogP contribution is 2.21. The summed E-state index contributed by atoms with van der Waals surface area (Å²) in [6.07, 6.45) is 2.73. The molecular weight excluding hydrogens is 258 g/mol. The number of aromatic nitrogens is 1. The van der Waals surface area contributed by atoms with Gasteiger partial charge >= 0.3 is 0 Å². The molecule has 0 aliphatic rings. The first-order chi connectivity index (χ1) is 10.4. The molecule has 0 aliphatic carbocycles. The van der Waals surface area contributed by atoms with Crippen LogP contribution >= 0.6 is 0 Å². The van der Waals surface area contributed by atoms with Crippen molar-refractivity contribution in [3.63, 3.8) is 0 Å². The van der Waals surface area contributed by atoms with Gasteiger partial charge in [0.1, 0.15) is 5.82 Å². The van der Waals surface area contributed by atoms with Crippen LogP contribution in [0.25, 0.3) is 10.8 Å². The second kappa shape index (κ2) is 6.37. The van der Waals surface area contributed by atoms with Crippen molar-refractivity contribution < 1.29 is 0 Å². The van der Waals surface area contributed by atoms with Gasteiger partial charge in [0.25, 0.3) is 0 Å².